The Labute approximate surface area is 140 Å². The molecule has 0 spiro atoms. The fourth-order valence-electron chi connectivity index (χ4n) is 4.17. The quantitative estimate of drug-likeness (QED) is 0.749. The number of nitrogens with zero attached hydrogens (tertiary/aromatic N) is 4. The summed E-state index contributed by atoms with van der Waals surface area (Å²) in [5.74, 6) is 0.636. The van der Waals surface area contributed by atoms with Crippen LogP contribution in [0.1, 0.15) is 45.8 Å². The van der Waals surface area contributed by atoms with E-state index in [1.807, 2.05) is 6.07 Å². The molecule has 0 atom stereocenters. The highest BCUT2D eigenvalue weighted by atomic mass is 16.2. The summed E-state index contributed by atoms with van der Waals surface area (Å²) >= 11 is 0. The third-order valence-electron chi connectivity index (χ3n) is 5.86. The smallest absolute Gasteiger partial charge is 0.261 e. The van der Waals surface area contributed by atoms with Gasteiger partial charge in [0.05, 0.1) is 22.2 Å². The van der Waals surface area contributed by atoms with Crippen molar-refractivity contribution < 1.29 is 9.59 Å². The Bertz CT molecular complexity index is 881. The van der Waals surface area contributed by atoms with E-state index in [1.165, 1.54) is 31.2 Å². The molecule has 6 heteroatoms. The molecule has 0 unspecified atom stereocenters. The van der Waals surface area contributed by atoms with Crippen LogP contribution in [0.25, 0.3) is 11.0 Å². The lowest BCUT2D eigenvalue weighted by Crippen LogP contribution is -2.41. The SMILES string of the molecule is CN1C(=O)c2cc3nc4n(c3cc2C1=O)CCN(C1CCC1)CC4. The Morgan fingerprint density at radius 2 is 1.79 bits per heavy atom. The van der Waals surface area contributed by atoms with Gasteiger partial charge < -0.3 is 4.57 Å². The van der Waals surface area contributed by atoms with Crippen molar-refractivity contribution in [3.63, 3.8) is 0 Å². The van der Waals surface area contributed by atoms with Gasteiger partial charge in [-0.2, -0.15) is 0 Å². The monoisotopic (exact) mass is 324 g/mol. The molecule has 6 nitrogen and oxygen atoms in total. The van der Waals surface area contributed by atoms with E-state index in [0.29, 0.717) is 11.1 Å². The number of carbonyl (C=O) groups excluding carboxylic acids is 2. The number of benzene rings is 1. The zero-order valence-corrected chi connectivity index (χ0v) is 13.8. The van der Waals surface area contributed by atoms with Gasteiger partial charge in [0.2, 0.25) is 0 Å². The number of amides is 2. The molecule has 3 aliphatic rings. The third kappa shape index (κ3) is 1.83. The van der Waals surface area contributed by atoms with Crippen molar-refractivity contribution >= 4 is 22.8 Å². The van der Waals surface area contributed by atoms with Gasteiger partial charge in [0, 0.05) is 39.1 Å². The molecule has 124 valence electrons. The Morgan fingerprint density at radius 3 is 2.50 bits per heavy atom. The van der Waals surface area contributed by atoms with E-state index < -0.39 is 0 Å². The molecule has 2 aromatic rings. The topological polar surface area (TPSA) is 58.4 Å². The van der Waals surface area contributed by atoms with Crippen molar-refractivity contribution in [3.8, 4) is 0 Å². The van der Waals surface area contributed by atoms with Crippen LogP contribution in [0.5, 0.6) is 0 Å². The van der Waals surface area contributed by atoms with Crippen LogP contribution in [0, 0.1) is 0 Å². The summed E-state index contributed by atoms with van der Waals surface area (Å²) in [5, 5.41) is 0. The number of rotatable bonds is 1. The fraction of sp³-hybridized carbons (Fsp3) is 0.500. The Morgan fingerprint density at radius 1 is 1.04 bits per heavy atom. The first-order valence-electron chi connectivity index (χ1n) is 8.73. The van der Waals surface area contributed by atoms with E-state index >= 15 is 0 Å². The average Bonchev–Trinajstić information content (AvgIpc) is 2.87. The van der Waals surface area contributed by atoms with Gasteiger partial charge in [-0.05, 0) is 25.0 Å². The number of hydrogen-bond donors (Lipinski definition) is 0. The summed E-state index contributed by atoms with van der Waals surface area (Å²) in [4.78, 5) is 33.0. The first-order valence-corrected chi connectivity index (χ1v) is 8.73. The maximum absolute atomic E-state index is 12.3. The lowest BCUT2D eigenvalue weighted by molar-refractivity contribution is 0.0693. The van der Waals surface area contributed by atoms with Crippen LogP contribution in [0.4, 0.5) is 0 Å². The first-order chi connectivity index (χ1) is 11.6. The van der Waals surface area contributed by atoms with E-state index in [2.05, 4.69) is 9.47 Å². The van der Waals surface area contributed by atoms with Crippen molar-refractivity contribution in [2.45, 2.75) is 38.3 Å². The maximum Gasteiger partial charge on any atom is 0.261 e. The standard InChI is InChI=1S/C18H20N4O2/c1-20-17(23)12-9-14-15(10-13(12)18(20)24)22-8-7-21(11-3-2-4-11)6-5-16(22)19-14/h9-11H,2-8H2,1H3. The van der Waals surface area contributed by atoms with E-state index in [1.54, 1.807) is 6.07 Å². The van der Waals surface area contributed by atoms with Crippen LogP contribution in [-0.2, 0) is 13.0 Å². The number of imide groups is 1. The van der Waals surface area contributed by atoms with Gasteiger partial charge in [-0.1, -0.05) is 6.42 Å². The molecule has 1 fully saturated rings. The molecule has 2 aliphatic heterocycles. The summed E-state index contributed by atoms with van der Waals surface area (Å²) < 4.78 is 2.24. The molecule has 1 saturated carbocycles. The van der Waals surface area contributed by atoms with Gasteiger partial charge in [0.1, 0.15) is 5.82 Å². The maximum atomic E-state index is 12.3. The van der Waals surface area contributed by atoms with E-state index in [4.69, 9.17) is 4.98 Å². The molecule has 5 rings (SSSR count). The van der Waals surface area contributed by atoms with Crippen molar-refractivity contribution in [1.29, 1.82) is 0 Å². The number of imidazole rings is 1. The van der Waals surface area contributed by atoms with Crippen molar-refractivity contribution in [1.82, 2.24) is 19.4 Å². The second kappa shape index (κ2) is 4.89. The minimum atomic E-state index is -0.226. The van der Waals surface area contributed by atoms with Crippen molar-refractivity contribution in [2.75, 3.05) is 20.1 Å². The molecule has 0 bridgehead atoms. The largest absolute Gasteiger partial charge is 0.327 e. The molecular weight excluding hydrogens is 304 g/mol. The summed E-state index contributed by atoms with van der Waals surface area (Å²) in [5.41, 5.74) is 2.81. The summed E-state index contributed by atoms with van der Waals surface area (Å²) in [7, 11) is 1.53. The van der Waals surface area contributed by atoms with Gasteiger partial charge in [0.15, 0.2) is 0 Å². The van der Waals surface area contributed by atoms with Crippen molar-refractivity contribution in [2.24, 2.45) is 0 Å². The van der Waals surface area contributed by atoms with Gasteiger partial charge in [-0.15, -0.1) is 0 Å². The van der Waals surface area contributed by atoms with Crippen LogP contribution >= 0.6 is 0 Å². The fourth-order valence-corrected chi connectivity index (χ4v) is 4.17. The highest BCUT2D eigenvalue weighted by Gasteiger charge is 2.34. The molecule has 0 N–H and O–H groups in total. The Hall–Kier alpha value is -2.21. The first kappa shape index (κ1) is 14.2. The predicted octanol–water partition coefficient (Wildman–Crippen LogP) is 1.67. The van der Waals surface area contributed by atoms with Crippen LogP contribution < -0.4 is 0 Å². The van der Waals surface area contributed by atoms with Gasteiger partial charge in [-0.3, -0.25) is 19.4 Å². The molecule has 1 aromatic carbocycles. The van der Waals surface area contributed by atoms with Crippen LogP contribution in [0.15, 0.2) is 12.1 Å². The van der Waals surface area contributed by atoms with Crippen LogP contribution in [0.2, 0.25) is 0 Å². The minimum Gasteiger partial charge on any atom is -0.327 e. The number of hydrogen-bond acceptors (Lipinski definition) is 4. The zero-order chi connectivity index (χ0) is 16.4. The summed E-state index contributed by atoms with van der Waals surface area (Å²) in [6.45, 7) is 2.99. The lowest BCUT2D eigenvalue weighted by Gasteiger charge is -2.36. The highest BCUT2D eigenvalue weighted by Crippen LogP contribution is 2.30. The average molecular weight is 324 g/mol. The summed E-state index contributed by atoms with van der Waals surface area (Å²) in [6.07, 6.45) is 4.92. The minimum absolute atomic E-state index is 0.211. The van der Waals surface area contributed by atoms with Crippen LogP contribution in [-0.4, -0.2) is 57.3 Å². The normalized spacial score (nSPS) is 21.8. The van der Waals surface area contributed by atoms with E-state index in [9.17, 15) is 9.59 Å². The van der Waals surface area contributed by atoms with E-state index in [-0.39, 0.29) is 11.8 Å². The molecule has 2 amide bonds. The second-order valence-corrected chi connectivity index (χ2v) is 7.11. The molecular formula is C18H20N4O2. The van der Waals surface area contributed by atoms with Crippen molar-refractivity contribution in [3.05, 3.63) is 29.1 Å². The molecule has 24 heavy (non-hydrogen) atoms. The predicted molar refractivity (Wildman–Crippen MR) is 89.1 cm³/mol. The third-order valence-corrected chi connectivity index (χ3v) is 5.86. The molecule has 1 aromatic heterocycles. The zero-order valence-electron chi connectivity index (χ0n) is 13.8. The number of carbonyl (C=O) groups is 2. The van der Waals surface area contributed by atoms with Gasteiger partial charge >= 0.3 is 0 Å². The molecule has 0 saturated heterocycles. The van der Waals surface area contributed by atoms with Crippen LogP contribution in [0.3, 0.4) is 0 Å². The Balaban J connectivity index is 1.56. The number of aromatic nitrogens is 2. The summed E-state index contributed by atoms with van der Waals surface area (Å²) in [6, 6.07) is 4.40. The highest BCUT2D eigenvalue weighted by molar-refractivity contribution is 6.22. The molecule has 3 heterocycles. The second-order valence-electron chi connectivity index (χ2n) is 7.11. The van der Waals surface area contributed by atoms with Gasteiger partial charge in [0.25, 0.3) is 11.8 Å². The number of fused-ring (bicyclic) bond motifs is 4. The Kier molecular flexibility index (Phi) is 2.89. The van der Waals surface area contributed by atoms with E-state index in [0.717, 1.165) is 49.0 Å². The van der Waals surface area contributed by atoms with Gasteiger partial charge in [-0.25, -0.2) is 4.98 Å². The lowest BCUT2D eigenvalue weighted by atomic mass is 9.91. The molecule has 0 radical (unpaired) electrons. The molecule has 1 aliphatic carbocycles.